The van der Waals surface area contributed by atoms with Crippen molar-refractivity contribution in [2.75, 3.05) is 26.9 Å². The van der Waals surface area contributed by atoms with Crippen molar-refractivity contribution in [2.45, 2.75) is 6.10 Å². The van der Waals surface area contributed by atoms with Gasteiger partial charge in [0.2, 0.25) is 0 Å². The van der Waals surface area contributed by atoms with E-state index in [1.807, 2.05) is 18.2 Å². The molecule has 1 atom stereocenters. The Balaban J connectivity index is 2.17. The monoisotopic (exact) mass is 239 g/mol. The molecule has 0 aliphatic carbocycles. The summed E-state index contributed by atoms with van der Waals surface area (Å²) in [5.74, 6) is 0.365. The number of hydrogen-bond acceptors (Lipinski definition) is 4. The third-order valence-electron chi connectivity index (χ3n) is 2.01. The minimum absolute atomic E-state index is 0.0658. The summed E-state index contributed by atoms with van der Waals surface area (Å²) >= 11 is 0. The Labute approximate surface area is 100 Å². The number of aliphatic hydroxyl groups excluding tert-OH is 1. The summed E-state index contributed by atoms with van der Waals surface area (Å²) in [5.41, 5.74) is 0. The number of hydrogen-bond donors (Lipinski definition) is 2. The van der Waals surface area contributed by atoms with Gasteiger partial charge in [0.15, 0.2) is 6.61 Å². The minimum atomic E-state index is -0.694. The van der Waals surface area contributed by atoms with Crippen molar-refractivity contribution < 1.29 is 19.4 Å². The topological polar surface area (TPSA) is 67.8 Å². The highest BCUT2D eigenvalue weighted by Crippen LogP contribution is 2.07. The van der Waals surface area contributed by atoms with Gasteiger partial charge in [0.05, 0.1) is 12.7 Å². The van der Waals surface area contributed by atoms with Crippen LogP contribution in [-0.2, 0) is 9.53 Å². The molecule has 1 unspecified atom stereocenters. The van der Waals surface area contributed by atoms with Crippen LogP contribution >= 0.6 is 0 Å². The standard InChI is InChI=1S/C12H17NO4/c1-16-8-10(14)7-13-12(15)9-17-11-5-3-2-4-6-11/h2-6,10,14H,7-9H2,1H3,(H,13,15). The van der Waals surface area contributed by atoms with E-state index < -0.39 is 6.10 Å². The number of rotatable bonds is 7. The molecule has 1 aromatic rings. The molecule has 94 valence electrons. The van der Waals surface area contributed by atoms with Crippen LogP contribution in [0.4, 0.5) is 0 Å². The van der Waals surface area contributed by atoms with Crippen molar-refractivity contribution in [3.63, 3.8) is 0 Å². The summed E-state index contributed by atoms with van der Waals surface area (Å²) in [4.78, 5) is 11.3. The quantitative estimate of drug-likeness (QED) is 0.712. The second-order valence-electron chi connectivity index (χ2n) is 3.51. The highest BCUT2D eigenvalue weighted by molar-refractivity contribution is 5.77. The predicted molar refractivity (Wildman–Crippen MR) is 62.8 cm³/mol. The summed E-state index contributed by atoms with van der Waals surface area (Å²) in [6, 6.07) is 9.07. The first-order valence-corrected chi connectivity index (χ1v) is 5.34. The largest absolute Gasteiger partial charge is 0.484 e. The fourth-order valence-corrected chi connectivity index (χ4v) is 1.20. The number of carbonyl (C=O) groups excluding carboxylic acids is 1. The van der Waals surface area contributed by atoms with Gasteiger partial charge in [0.1, 0.15) is 5.75 Å². The van der Waals surface area contributed by atoms with Crippen molar-refractivity contribution in [3.8, 4) is 5.75 Å². The Morgan fingerprint density at radius 2 is 2.12 bits per heavy atom. The van der Waals surface area contributed by atoms with Gasteiger partial charge in [-0.15, -0.1) is 0 Å². The molecule has 1 amide bonds. The first-order chi connectivity index (χ1) is 8.22. The molecule has 0 saturated carbocycles. The number of aliphatic hydroxyl groups is 1. The van der Waals surface area contributed by atoms with Crippen LogP contribution in [0, 0.1) is 0 Å². The summed E-state index contributed by atoms with van der Waals surface area (Å²) < 4.78 is 9.97. The van der Waals surface area contributed by atoms with Crippen molar-refractivity contribution in [1.82, 2.24) is 5.32 Å². The summed E-state index contributed by atoms with van der Waals surface area (Å²) in [7, 11) is 1.49. The SMILES string of the molecule is COCC(O)CNC(=O)COc1ccccc1. The van der Waals surface area contributed by atoms with E-state index in [9.17, 15) is 9.90 Å². The van der Waals surface area contributed by atoms with Gasteiger partial charge in [-0.3, -0.25) is 4.79 Å². The molecule has 0 aromatic heterocycles. The normalized spacial score (nSPS) is 11.9. The van der Waals surface area contributed by atoms with Crippen LogP contribution in [0.15, 0.2) is 30.3 Å². The summed E-state index contributed by atoms with van der Waals surface area (Å²) in [6.07, 6.45) is -0.694. The molecular formula is C12H17NO4. The zero-order valence-corrected chi connectivity index (χ0v) is 9.76. The Morgan fingerprint density at radius 3 is 2.76 bits per heavy atom. The fraction of sp³-hybridized carbons (Fsp3) is 0.417. The molecule has 2 N–H and O–H groups in total. The molecule has 0 aliphatic heterocycles. The first-order valence-electron chi connectivity index (χ1n) is 5.34. The molecule has 0 fully saturated rings. The van der Waals surface area contributed by atoms with Crippen molar-refractivity contribution in [3.05, 3.63) is 30.3 Å². The number of carbonyl (C=O) groups is 1. The number of benzene rings is 1. The second kappa shape index (κ2) is 7.65. The average Bonchev–Trinajstić information content (AvgIpc) is 2.35. The van der Waals surface area contributed by atoms with Gasteiger partial charge in [0, 0.05) is 13.7 Å². The molecule has 17 heavy (non-hydrogen) atoms. The molecule has 0 heterocycles. The van der Waals surface area contributed by atoms with Crippen LogP contribution in [0.1, 0.15) is 0 Å². The lowest BCUT2D eigenvalue weighted by Crippen LogP contribution is -2.36. The highest BCUT2D eigenvalue weighted by atomic mass is 16.5. The Kier molecular flexibility index (Phi) is 6.06. The summed E-state index contributed by atoms with van der Waals surface area (Å²) in [5, 5.41) is 11.8. The van der Waals surface area contributed by atoms with Gasteiger partial charge in [0.25, 0.3) is 5.91 Å². The van der Waals surface area contributed by atoms with Crippen molar-refractivity contribution in [1.29, 1.82) is 0 Å². The van der Waals surface area contributed by atoms with E-state index in [1.165, 1.54) is 7.11 Å². The first kappa shape index (κ1) is 13.5. The number of amides is 1. The Morgan fingerprint density at radius 1 is 1.41 bits per heavy atom. The van der Waals surface area contributed by atoms with Crippen LogP contribution in [0.3, 0.4) is 0 Å². The summed E-state index contributed by atoms with van der Waals surface area (Å²) in [6.45, 7) is 0.286. The van der Waals surface area contributed by atoms with E-state index in [0.29, 0.717) is 5.75 Å². The third-order valence-corrected chi connectivity index (χ3v) is 2.01. The van der Waals surface area contributed by atoms with Gasteiger partial charge in [-0.05, 0) is 12.1 Å². The highest BCUT2D eigenvalue weighted by Gasteiger charge is 2.06. The van der Waals surface area contributed by atoms with Crippen LogP contribution in [0.25, 0.3) is 0 Å². The van der Waals surface area contributed by atoms with E-state index >= 15 is 0 Å². The Hall–Kier alpha value is -1.59. The minimum Gasteiger partial charge on any atom is -0.484 e. The number of para-hydroxylation sites is 1. The zero-order chi connectivity index (χ0) is 12.5. The molecule has 0 aliphatic rings. The maximum Gasteiger partial charge on any atom is 0.258 e. The maximum atomic E-state index is 11.3. The maximum absolute atomic E-state index is 11.3. The van der Waals surface area contributed by atoms with Crippen LogP contribution in [0.2, 0.25) is 0 Å². The number of methoxy groups -OCH3 is 1. The molecule has 5 nitrogen and oxygen atoms in total. The van der Waals surface area contributed by atoms with Gasteiger partial charge in [-0.1, -0.05) is 18.2 Å². The second-order valence-corrected chi connectivity index (χ2v) is 3.51. The van der Waals surface area contributed by atoms with Crippen molar-refractivity contribution >= 4 is 5.91 Å². The lowest BCUT2D eigenvalue weighted by Gasteiger charge is -2.11. The van der Waals surface area contributed by atoms with Crippen LogP contribution in [-0.4, -0.2) is 44.0 Å². The third kappa shape index (κ3) is 5.89. The van der Waals surface area contributed by atoms with E-state index in [4.69, 9.17) is 9.47 Å². The van der Waals surface area contributed by atoms with E-state index in [1.54, 1.807) is 12.1 Å². The molecule has 1 rings (SSSR count). The smallest absolute Gasteiger partial charge is 0.258 e. The lowest BCUT2D eigenvalue weighted by atomic mass is 10.3. The molecule has 1 aromatic carbocycles. The number of nitrogens with one attached hydrogen (secondary N) is 1. The average molecular weight is 239 g/mol. The molecule has 0 bridgehead atoms. The Bertz CT molecular complexity index is 329. The predicted octanol–water partition coefficient (Wildman–Crippen LogP) is 0.189. The van der Waals surface area contributed by atoms with Crippen molar-refractivity contribution in [2.24, 2.45) is 0 Å². The fourth-order valence-electron chi connectivity index (χ4n) is 1.20. The van der Waals surface area contributed by atoms with Gasteiger partial charge in [-0.25, -0.2) is 0 Å². The van der Waals surface area contributed by atoms with E-state index in [0.717, 1.165) is 0 Å². The molecule has 0 radical (unpaired) electrons. The molecule has 0 saturated heterocycles. The van der Waals surface area contributed by atoms with Crippen LogP contribution < -0.4 is 10.1 Å². The van der Waals surface area contributed by atoms with E-state index in [2.05, 4.69) is 5.32 Å². The van der Waals surface area contributed by atoms with E-state index in [-0.39, 0.29) is 25.7 Å². The van der Waals surface area contributed by atoms with Crippen LogP contribution in [0.5, 0.6) is 5.75 Å². The molecular weight excluding hydrogens is 222 g/mol. The van der Waals surface area contributed by atoms with Gasteiger partial charge >= 0.3 is 0 Å². The van der Waals surface area contributed by atoms with Gasteiger partial charge < -0.3 is 19.9 Å². The molecule has 5 heteroatoms. The zero-order valence-electron chi connectivity index (χ0n) is 9.76. The lowest BCUT2D eigenvalue weighted by molar-refractivity contribution is -0.123. The van der Waals surface area contributed by atoms with Gasteiger partial charge in [-0.2, -0.15) is 0 Å². The molecule has 0 spiro atoms. The number of ether oxygens (including phenoxy) is 2.